The molecule has 2 heterocycles. The number of aryl methyl sites for hydroxylation is 3. The first-order valence-electron chi connectivity index (χ1n) is 11.1. The Morgan fingerprint density at radius 1 is 1.15 bits per heavy atom. The molecule has 4 aromatic rings. The van der Waals surface area contributed by atoms with Gasteiger partial charge in [0.1, 0.15) is 16.6 Å². The van der Waals surface area contributed by atoms with Gasteiger partial charge in [-0.1, -0.05) is 53.7 Å². The van der Waals surface area contributed by atoms with Crippen molar-refractivity contribution >= 4 is 34.7 Å². The number of hydrogen-bond donors (Lipinski definition) is 0. The minimum Gasteiger partial charge on any atom is -0.493 e. The van der Waals surface area contributed by atoms with Crippen LogP contribution in [-0.4, -0.2) is 26.4 Å². The highest BCUT2D eigenvalue weighted by molar-refractivity contribution is 7.98. The van der Waals surface area contributed by atoms with Crippen molar-refractivity contribution < 1.29 is 4.74 Å². The Morgan fingerprint density at radius 3 is 2.79 bits per heavy atom. The molecule has 0 spiro atoms. The van der Waals surface area contributed by atoms with Crippen molar-refractivity contribution in [3.05, 3.63) is 88.2 Å². The Bertz CT molecular complexity index is 1270. The van der Waals surface area contributed by atoms with E-state index in [4.69, 9.17) is 21.3 Å². The third-order valence-corrected chi connectivity index (χ3v) is 7.48. The number of benzene rings is 2. The van der Waals surface area contributed by atoms with Crippen LogP contribution in [0.4, 0.5) is 0 Å². The lowest BCUT2D eigenvalue weighted by atomic mass is 10.1. The van der Waals surface area contributed by atoms with Crippen molar-refractivity contribution in [1.29, 1.82) is 0 Å². The normalized spacial score (nSPS) is 11.0. The molecule has 0 bridgehead atoms. The predicted octanol–water partition coefficient (Wildman–Crippen LogP) is 7.16. The molecule has 2 aromatic heterocycles. The average molecular weight is 511 g/mol. The Morgan fingerprint density at radius 2 is 2.00 bits per heavy atom. The molecule has 0 saturated heterocycles. The number of thiazole rings is 1. The fourth-order valence-electron chi connectivity index (χ4n) is 3.56. The molecule has 0 aliphatic carbocycles. The highest BCUT2D eigenvalue weighted by Gasteiger charge is 2.14. The van der Waals surface area contributed by atoms with Crippen molar-refractivity contribution in [3.8, 4) is 16.3 Å². The zero-order valence-corrected chi connectivity index (χ0v) is 21.7. The van der Waals surface area contributed by atoms with Crippen LogP contribution in [0.25, 0.3) is 10.6 Å². The van der Waals surface area contributed by atoms with E-state index in [1.165, 1.54) is 11.1 Å². The van der Waals surface area contributed by atoms with Gasteiger partial charge in [-0.15, -0.1) is 28.1 Å². The maximum absolute atomic E-state index is 6.02. The van der Waals surface area contributed by atoms with Gasteiger partial charge in [-0.05, 0) is 49.6 Å². The fraction of sp³-hybridized carbons (Fsp3) is 0.269. The molecule has 8 heteroatoms. The summed E-state index contributed by atoms with van der Waals surface area (Å²) in [7, 11) is 0. The topological polar surface area (TPSA) is 52.8 Å². The van der Waals surface area contributed by atoms with Gasteiger partial charge in [-0.3, -0.25) is 0 Å². The van der Waals surface area contributed by atoms with E-state index in [1.54, 1.807) is 23.1 Å². The van der Waals surface area contributed by atoms with Crippen LogP contribution < -0.4 is 4.74 Å². The summed E-state index contributed by atoms with van der Waals surface area (Å²) in [5.74, 6) is 2.55. The number of nitrogens with zero attached hydrogens (tertiary/aromatic N) is 4. The molecule has 5 nitrogen and oxygen atoms in total. The van der Waals surface area contributed by atoms with Crippen LogP contribution >= 0.6 is 34.7 Å². The smallest absolute Gasteiger partial charge is 0.191 e. The van der Waals surface area contributed by atoms with Crippen LogP contribution in [0.5, 0.6) is 5.75 Å². The Hall–Kier alpha value is -2.61. The van der Waals surface area contributed by atoms with Crippen LogP contribution in [0.15, 0.2) is 65.7 Å². The number of rotatable bonds is 11. The zero-order valence-electron chi connectivity index (χ0n) is 19.3. The summed E-state index contributed by atoms with van der Waals surface area (Å²) < 4.78 is 8.05. The summed E-state index contributed by atoms with van der Waals surface area (Å²) in [5, 5.41) is 13.7. The highest BCUT2D eigenvalue weighted by Crippen LogP contribution is 2.29. The van der Waals surface area contributed by atoms with Crippen molar-refractivity contribution in [2.75, 3.05) is 6.61 Å². The SMILES string of the molecule is C=CCn1c(CCCOc2ccc(Cl)cc2C)nnc1SCc1csc(-c2ccccc2C)n1. The summed E-state index contributed by atoms with van der Waals surface area (Å²) in [6, 6.07) is 14.0. The molecule has 0 unspecified atom stereocenters. The van der Waals surface area contributed by atoms with Gasteiger partial charge in [0.2, 0.25) is 0 Å². The van der Waals surface area contributed by atoms with Gasteiger partial charge < -0.3 is 9.30 Å². The minimum absolute atomic E-state index is 0.604. The Kier molecular flexibility index (Phi) is 8.43. The summed E-state index contributed by atoms with van der Waals surface area (Å²) in [6.45, 7) is 9.29. The molecule has 0 atom stereocenters. The molecule has 0 saturated carbocycles. The molecule has 0 aliphatic rings. The molecular weight excluding hydrogens is 484 g/mol. The van der Waals surface area contributed by atoms with E-state index in [-0.39, 0.29) is 0 Å². The van der Waals surface area contributed by atoms with Crippen molar-refractivity contribution in [3.63, 3.8) is 0 Å². The molecule has 2 aromatic carbocycles. The van der Waals surface area contributed by atoms with Crippen LogP contribution in [-0.2, 0) is 18.7 Å². The van der Waals surface area contributed by atoms with Crippen LogP contribution in [0.1, 0.15) is 29.1 Å². The number of thioether (sulfide) groups is 1. The Labute approximate surface area is 213 Å². The first kappa shape index (κ1) is 24.5. The first-order valence-corrected chi connectivity index (χ1v) is 13.3. The lowest BCUT2D eigenvalue weighted by Crippen LogP contribution is -2.07. The van der Waals surface area contributed by atoms with Gasteiger partial charge in [-0.25, -0.2) is 4.98 Å². The lowest BCUT2D eigenvalue weighted by molar-refractivity contribution is 0.307. The molecular formula is C26H27ClN4OS2. The molecule has 0 N–H and O–H groups in total. The van der Waals surface area contributed by atoms with Crippen molar-refractivity contribution in [1.82, 2.24) is 19.7 Å². The second-order valence-corrected chi connectivity index (χ2v) is 10.1. The van der Waals surface area contributed by atoms with E-state index in [9.17, 15) is 0 Å². The van der Waals surface area contributed by atoms with E-state index in [2.05, 4.69) is 57.9 Å². The lowest BCUT2D eigenvalue weighted by Gasteiger charge is -2.10. The molecule has 0 aliphatic heterocycles. The third kappa shape index (κ3) is 6.09. The maximum atomic E-state index is 6.02. The number of aromatic nitrogens is 4. The summed E-state index contributed by atoms with van der Waals surface area (Å²) in [4.78, 5) is 4.84. The zero-order chi connectivity index (χ0) is 23.9. The van der Waals surface area contributed by atoms with Gasteiger partial charge >= 0.3 is 0 Å². The minimum atomic E-state index is 0.604. The molecule has 0 radical (unpaired) electrons. The molecule has 176 valence electrons. The van der Waals surface area contributed by atoms with E-state index < -0.39 is 0 Å². The van der Waals surface area contributed by atoms with Crippen molar-refractivity contribution in [2.24, 2.45) is 0 Å². The van der Waals surface area contributed by atoms with Crippen LogP contribution in [0, 0.1) is 13.8 Å². The quantitative estimate of drug-likeness (QED) is 0.122. The van der Waals surface area contributed by atoms with Gasteiger partial charge in [-0.2, -0.15) is 0 Å². The van der Waals surface area contributed by atoms with Gasteiger partial charge in [0.15, 0.2) is 5.16 Å². The van der Waals surface area contributed by atoms with Gasteiger partial charge in [0.25, 0.3) is 0 Å². The summed E-state index contributed by atoms with van der Waals surface area (Å²) in [6.07, 6.45) is 3.50. The van der Waals surface area contributed by atoms with E-state index >= 15 is 0 Å². The van der Waals surface area contributed by atoms with E-state index in [0.29, 0.717) is 13.2 Å². The standard InChI is InChI=1S/C26H27ClN4OS2/c1-4-13-31-24(10-7-14-32-23-12-11-20(27)15-19(23)3)29-30-26(31)34-17-21-16-33-25(28-21)22-9-6-5-8-18(22)2/h4-6,8-9,11-12,15-16H,1,7,10,13-14,17H2,2-3H3. The van der Waals surface area contributed by atoms with E-state index in [0.717, 1.165) is 56.6 Å². The highest BCUT2D eigenvalue weighted by atomic mass is 35.5. The maximum Gasteiger partial charge on any atom is 0.191 e. The average Bonchev–Trinajstić information content (AvgIpc) is 3.44. The van der Waals surface area contributed by atoms with Crippen molar-refractivity contribution in [2.45, 2.75) is 44.1 Å². The second-order valence-electron chi connectivity index (χ2n) is 7.91. The number of hydrogen-bond acceptors (Lipinski definition) is 6. The summed E-state index contributed by atoms with van der Waals surface area (Å²) in [5.41, 5.74) is 4.52. The molecule has 4 rings (SSSR count). The second kappa shape index (κ2) is 11.7. The number of ether oxygens (including phenoxy) is 1. The largest absolute Gasteiger partial charge is 0.493 e. The molecule has 0 amide bonds. The Balaban J connectivity index is 1.35. The third-order valence-electron chi connectivity index (χ3n) is 5.32. The van der Waals surface area contributed by atoms with Crippen LogP contribution in [0.2, 0.25) is 5.02 Å². The fourth-order valence-corrected chi connectivity index (χ4v) is 5.66. The van der Waals surface area contributed by atoms with Crippen LogP contribution in [0.3, 0.4) is 0 Å². The number of allylic oxidation sites excluding steroid dienone is 1. The first-order chi connectivity index (χ1) is 16.5. The predicted molar refractivity (Wildman–Crippen MR) is 142 cm³/mol. The monoisotopic (exact) mass is 510 g/mol. The van der Waals surface area contributed by atoms with Gasteiger partial charge in [0.05, 0.1) is 12.3 Å². The molecule has 0 fully saturated rings. The molecule has 34 heavy (non-hydrogen) atoms. The van der Waals surface area contributed by atoms with Gasteiger partial charge in [0, 0.05) is 34.7 Å². The van der Waals surface area contributed by atoms with E-state index in [1.807, 2.05) is 31.2 Å². The summed E-state index contributed by atoms with van der Waals surface area (Å²) >= 11 is 9.36. The number of halogens is 1.